The molecule has 0 aliphatic rings. The molecule has 0 saturated carbocycles. The molecule has 3 nitrogen and oxygen atoms in total. The molecule has 3 rings (SSSR count). The first-order valence-corrected chi connectivity index (χ1v) is 8.89. The highest BCUT2D eigenvalue weighted by Gasteiger charge is 2.07. The lowest BCUT2D eigenvalue weighted by molar-refractivity contribution is -0.120. The molecule has 24 heavy (non-hydrogen) atoms. The summed E-state index contributed by atoms with van der Waals surface area (Å²) in [5, 5.41) is 6.60. The molecule has 0 atom stereocenters. The van der Waals surface area contributed by atoms with Crippen LogP contribution >= 0.6 is 22.9 Å². The van der Waals surface area contributed by atoms with E-state index in [9.17, 15) is 4.79 Å². The number of nitrogens with zero attached hydrogens (tertiary/aromatic N) is 1. The van der Waals surface area contributed by atoms with E-state index in [1.54, 1.807) is 17.4 Å². The van der Waals surface area contributed by atoms with Crippen LogP contribution in [0.3, 0.4) is 0 Å². The van der Waals surface area contributed by atoms with E-state index in [2.05, 4.69) is 10.3 Å². The molecule has 0 aliphatic heterocycles. The Balaban J connectivity index is 1.57. The van der Waals surface area contributed by atoms with Crippen LogP contribution in [0.1, 0.15) is 16.8 Å². The van der Waals surface area contributed by atoms with Crippen molar-refractivity contribution in [3.8, 4) is 10.6 Å². The summed E-state index contributed by atoms with van der Waals surface area (Å²) in [6.45, 7) is 2.49. The van der Waals surface area contributed by atoms with Crippen molar-refractivity contribution in [3.05, 3.63) is 75.8 Å². The zero-order chi connectivity index (χ0) is 16.9. The van der Waals surface area contributed by atoms with Gasteiger partial charge in [-0.25, -0.2) is 4.98 Å². The first kappa shape index (κ1) is 16.7. The number of nitrogens with one attached hydrogen (secondary N) is 1. The maximum Gasteiger partial charge on any atom is 0.224 e. The lowest BCUT2D eigenvalue weighted by Gasteiger charge is -2.07. The number of halogens is 1. The Morgan fingerprint density at radius 2 is 1.92 bits per heavy atom. The van der Waals surface area contributed by atoms with Gasteiger partial charge in [-0.05, 0) is 24.1 Å². The van der Waals surface area contributed by atoms with E-state index in [4.69, 9.17) is 11.6 Å². The number of hydrogen-bond acceptors (Lipinski definition) is 3. The second kappa shape index (κ2) is 7.60. The van der Waals surface area contributed by atoms with Crippen molar-refractivity contribution in [2.24, 2.45) is 0 Å². The molecule has 122 valence electrons. The molecule has 0 aliphatic carbocycles. The largest absolute Gasteiger partial charge is 0.352 e. The van der Waals surface area contributed by atoms with Gasteiger partial charge in [0.1, 0.15) is 5.01 Å². The number of aromatic nitrogens is 1. The summed E-state index contributed by atoms with van der Waals surface area (Å²) < 4.78 is 0. The number of benzene rings is 2. The Labute approximate surface area is 150 Å². The molecular formula is C19H17ClN2OS. The molecule has 1 N–H and O–H groups in total. The van der Waals surface area contributed by atoms with Crippen LogP contribution in [0.5, 0.6) is 0 Å². The van der Waals surface area contributed by atoms with Crippen LogP contribution in [0.2, 0.25) is 5.02 Å². The van der Waals surface area contributed by atoms with E-state index in [-0.39, 0.29) is 12.3 Å². The maximum atomic E-state index is 12.1. The van der Waals surface area contributed by atoms with Crippen LogP contribution in [-0.4, -0.2) is 10.9 Å². The van der Waals surface area contributed by atoms with Crippen LogP contribution in [-0.2, 0) is 17.8 Å². The predicted molar refractivity (Wildman–Crippen MR) is 99.3 cm³/mol. The Hall–Kier alpha value is -2.17. The van der Waals surface area contributed by atoms with Crippen molar-refractivity contribution >= 4 is 28.8 Å². The molecule has 0 radical (unpaired) electrons. The Morgan fingerprint density at radius 3 is 2.58 bits per heavy atom. The van der Waals surface area contributed by atoms with Gasteiger partial charge in [0.15, 0.2) is 0 Å². The van der Waals surface area contributed by atoms with Gasteiger partial charge in [0.2, 0.25) is 5.91 Å². The van der Waals surface area contributed by atoms with Gasteiger partial charge in [-0.2, -0.15) is 0 Å². The number of carbonyl (C=O) groups excluding carboxylic acids is 1. The summed E-state index contributed by atoms with van der Waals surface area (Å²) >= 11 is 7.71. The standard InChI is InChI=1S/C19H17ClN2OS/c1-13-12-24-19(22-13)15-8-6-14(7-9-15)11-21-18(23)10-16-4-2-3-5-17(16)20/h2-9,12H,10-11H2,1H3,(H,21,23). The summed E-state index contributed by atoms with van der Waals surface area (Å²) in [4.78, 5) is 16.5. The number of rotatable bonds is 5. The van der Waals surface area contributed by atoms with Crippen molar-refractivity contribution < 1.29 is 4.79 Å². The minimum atomic E-state index is -0.0391. The fourth-order valence-corrected chi connectivity index (χ4v) is 3.34. The quantitative estimate of drug-likeness (QED) is 0.724. The second-order valence-corrected chi connectivity index (χ2v) is 6.80. The van der Waals surface area contributed by atoms with Crippen molar-refractivity contribution in [3.63, 3.8) is 0 Å². The fourth-order valence-electron chi connectivity index (χ4n) is 2.33. The molecule has 1 aromatic heterocycles. The molecule has 1 heterocycles. The van der Waals surface area contributed by atoms with E-state index < -0.39 is 0 Å². The van der Waals surface area contributed by atoms with Crippen LogP contribution in [0.15, 0.2) is 53.9 Å². The molecule has 0 saturated heterocycles. The van der Waals surface area contributed by atoms with Gasteiger partial charge in [0.25, 0.3) is 0 Å². The molecular weight excluding hydrogens is 340 g/mol. The van der Waals surface area contributed by atoms with Crippen LogP contribution < -0.4 is 5.32 Å². The fraction of sp³-hybridized carbons (Fsp3) is 0.158. The monoisotopic (exact) mass is 356 g/mol. The average Bonchev–Trinajstić information content (AvgIpc) is 3.02. The number of aryl methyl sites for hydroxylation is 1. The Kier molecular flexibility index (Phi) is 5.28. The highest BCUT2D eigenvalue weighted by Crippen LogP contribution is 2.23. The lowest BCUT2D eigenvalue weighted by atomic mass is 10.1. The lowest BCUT2D eigenvalue weighted by Crippen LogP contribution is -2.24. The van der Waals surface area contributed by atoms with E-state index >= 15 is 0 Å². The highest BCUT2D eigenvalue weighted by molar-refractivity contribution is 7.13. The number of amides is 1. The molecule has 0 bridgehead atoms. The smallest absolute Gasteiger partial charge is 0.224 e. The summed E-state index contributed by atoms with van der Waals surface area (Å²) in [6.07, 6.45) is 0.288. The maximum absolute atomic E-state index is 12.1. The summed E-state index contributed by atoms with van der Waals surface area (Å²) in [7, 11) is 0. The zero-order valence-corrected chi connectivity index (χ0v) is 14.8. The highest BCUT2D eigenvalue weighted by atomic mass is 35.5. The van der Waals surface area contributed by atoms with Crippen molar-refractivity contribution in [1.82, 2.24) is 10.3 Å². The minimum Gasteiger partial charge on any atom is -0.352 e. The SMILES string of the molecule is Cc1csc(-c2ccc(CNC(=O)Cc3ccccc3Cl)cc2)n1. The Morgan fingerprint density at radius 1 is 1.17 bits per heavy atom. The van der Waals surface area contributed by atoms with Crippen LogP contribution in [0, 0.1) is 6.92 Å². The first-order valence-electron chi connectivity index (χ1n) is 7.63. The van der Waals surface area contributed by atoms with E-state index in [1.807, 2.05) is 54.8 Å². The molecule has 3 aromatic rings. The number of thiazole rings is 1. The van der Waals surface area contributed by atoms with Gasteiger partial charge in [-0.1, -0.05) is 54.1 Å². The number of hydrogen-bond donors (Lipinski definition) is 1. The van der Waals surface area contributed by atoms with Gasteiger partial charge in [0.05, 0.1) is 6.42 Å². The molecule has 2 aromatic carbocycles. The second-order valence-electron chi connectivity index (χ2n) is 5.54. The molecule has 5 heteroatoms. The van der Waals surface area contributed by atoms with Crippen molar-refractivity contribution in [2.75, 3.05) is 0 Å². The summed E-state index contributed by atoms with van der Waals surface area (Å²) in [5.41, 5.74) is 4.02. The minimum absolute atomic E-state index is 0.0391. The predicted octanol–water partition coefficient (Wildman–Crippen LogP) is 4.63. The van der Waals surface area contributed by atoms with E-state index in [0.717, 1.165) is 27.4 Å². The molecule has 1 amide bonds. The Bertz CT molecular complexity index is 843. The van der Waals surface area contributed by atoms with Crippen molar-refractivity contribution in [1.29, 1.82) is 0 Å². The average molecular weight is 357 g/mol. The van der Waals surface area contributed by atoms with Crippen LogP contribution in [0.25, 0.3) is 10.6 Å². The zero-order valence-electron chi connectivity index (χ0n) is 13.3. The van der Waals surface area contributed by atoms with Gasteiger partial charge in [-0.15, -0.1) is 11.3 Å². The van der Waals surface area contributed by atoms with E-state index in [1.165, 1.54) is 0 Å². The van der Waals surface area contributed by atoms with Gasteiger partial charge in [-0.3, -0.25) is 4.79 Å². The topological polar surface area (TPSA) is 42.0 Å². The van der Waals surface area contributed by atoms with Gasteiger partial charge >= 0.3 is 0 Å². The molecule has 0 spiro atoms. The third-order valence-electron chi connectivity index (χ3n) is 3.62. The number of carbonyl (C=O) groups is 1. The summed E-state index contributed by atoms with van der Waals surface area (Å²) in [6, 6.07) is 15.5. The van der Waals surface area contributed by atoms with Crippen LogP contribution in [0.4, 0.5) is 0 Å². The third kappa shape index (κ3) is 4.22. The van der Waals surface area contributed by atoms with Gasteiger partial charge in [0, 0.05) is 28.2 Å². The third-order valence-corrected chi connectivity index (χ3v) is 5.00. The van der Waals surface area contributed by atoms with Crippen molar-refractivity contribution in [2.45, 2.75) is 19.9 Å². The normalized spacial score (nSPS) is 10.6. The first-order chi connectivity index (χ1) is 11.6. The molecule has 0 fully saturated rings. The summed E-state index contributed by atoms with van der Waals surface area (Å²) in [5.74, 6) is -0.0391. The molecule has 0 unspecified atom stereocenters. The van der Waals surface area contributed by atoms with Gasteiger partial charge < -0.3 is 5.32 Å². The van der Waals surface area contributed by atoms with E-state index in [0.29, 0.717) is 11.6 Å².